The fourth-order valence-electron chi connectivity index (χ4n) is 3.66. The van der Waals surface area contributed by atoms with E-state index in [1.807, 2.05) is 32.9 Å². The highest BCUT2D eigenvalue weighted by Gasteiger charge is 2.44. The maximum Gasteiger partial charge on any atom is 0.224 e. The minimum atomic E-state index is -0.742. The van der Waals surface area contributed by atoms with Crippen molar-refractivity contribution in [1.29, 1.82) is 0 Å². The first-order valence-corrected chi connectivity index (χ1v) is 8.53. The Hall–Kier alpha value is -2.41. The van der Waals surface area contributed by atoms with E-state index >= 15 is 0 Å². The highest BCUT2D eigenvalue weighted by Crippen LogP contribution is 2.37. The molecular formula is C21H25NO3. The molecule has 1 fully saturated rings. The molecule has 1 aliphatic carbocycles. The molecular weight excluding hydrogens is 314 g/mol. The summed E-state index contributed by atoms with van der Waals surface area (Å²) < 4.78 is 0. The van der Waals surface area contributed by atoms with Crippen LogP contribution < -0.4 is 0 Å². The van der Waals surface area contributed by atoms with Crippen LogP contribution in [0.25, 0.3) is 0 Å². The Kier molecular flexibility index (Phi) is 5.47. The Bertz CT molecular complexity index is 749. The molecule has 4 nitrogen and oxygen atoms in total. The van der Waals surface area contributed by atoms with Crippen LogP contribution >= 0.6 is 0 Å². The standard InChI is InChI=1S/C21H25NO3/c1-7-15(5)22(6)18(24)11-16-10-17(23)20(21(16)25)19-13(3)8-12(2)9-14(19)4/h1,8-9,15-16,20H,10-11H2,2-6H3. The Morgan fingerprint density at radius 3 is 2.36 bits per heavy atom. The quantitative estimate of drug-likeness (QED) is 0.626. The average molecular weight is 339 g/mol. The molecule has 25 heavy (non-hydrogen) atoms. The monoisotopic (exact) mass is 339 g/mol. The number of carbonyl (C=O) groups is 3. The lowest BCUT2D eigenvalue weighted by molar-refractivity contribution is -0.134. The maximum absolute atomic E-state index is 12.9. The first-order valence-electron chi connectivity index (χ1n) is 8.53. The van der Waals surface area contributed by atoms with Gasteiger partial charge in [0, 0.05) is 25.8 Å². The summed E-state index contributed by atoms with van der Waals surface area (Å²) >= 11 is 0. The van der Waals surface area contributed by atoms with Crippen LogP contribution in [0.1, 0.15) is 47.9 Å². The molecule has 0 radical (unpaired) electrons. The molecule has 4 heteroatoms. The van der Waals surface area contributed by atoms with Crippen molar-refractivity contribution in [3.05, 3.63) is 34.4 Å². The zero-order chi connectivity index (χ0) is 18.9. The molecule has 0 aromatic heterocycles. The van der Waals surface area contributed by atoms with Crippen LogP contribution in [0.2, 0.25) is 0 Å². The summed E-state index contributed by atoms with van der Waals surface area (Å²) in [5.74, 6) is 0.764. The van der Waals surface area contributed by atoms with Gasteiger partial charge in [0.1, 0.15) is 11.7 Å². The fraction of sp³-hybridized carbons (Fsp3) is 0.476. The van der Waals surface area contributed by atoms with Crippen molar-refractivity contribution in [2.45, 2.75) is 52.5 Å². The molecule has 132 valence electrons. The summed E-state index contributed by atoms with van der Waals surface area (Å²) in [6.45, 7) is 7.60. The van der Waals surface area contributed by atoms with Crippen molar-refractivity contribution >= 4 is 17.5 Å². The third kappa shape index (κ3) is 3.66. The second kappa shape index (κ2) is 7.23. The van der Waals surface area contributed by atoms with E-state index in [1.165, 1.54) is 4.90 Å². The predicted molar refractivity (Wildman–Crippen MR) is 97.2 cm³/mol. The van der Waals surface area contributed by atoms with Gasteiger partial charge in [0.05, 0.1) is 6.04 Å². The van der Waals surface area contributed by atoms with Gasteiger partial charge in [-0.2, -0.15) is 0 Å². The maximum atomic E-state index is 12.9. The van der Waals surface area contributed by atoms with Crippen molar-refractivity contribution in [2.75, 3.05) is 7.05 Å². The van der Waals surface area contributed by atoms with Crippen LogP contribution in [0.15, 0.2) is 12.1 Å². The molecule has 0 saturated heterocycles. The van der Waals surface area contributed by atoms with Crippen LogP contribution in [-0.4, -0.2) is 35.5 Å². The van der Waals surface area contributed by atoms with Gasteiger partial charge in [-0.3, -0.25) is 14.4 Å². The van der Waals surface area contributed by atoms with E-state index in [1.54, 1.807) is 14.0 Å². The molecule has 0 bridgehead atoms. The number of aryl methyl sites for hydroxylation is 3. The molecule has 0 heterocycles. The van der Waals surface area contributed by atoms with E-state index in [9.17, 15) is 14.4 Å². The SMILES string of the molecule is C#CC(C)N(C)C(=O)CC1CC(=O)C(c2c(C)cc(C)cc2C)C1=O. The second-order valence-corrected chi connectivity index (χ2v) is 7.07. The van der Waals surface area contributed by atoms with Gasteiger partial charge in [0.15, 0.2) is 5.78 Å². The van der Waals surface area contributed by atoms with Gasteiger partial charge in [-0.1, -0.05) is 23.6 Å². The van der Waals surface area contributed by atoms with E-state index in [0.29, 0.717) is 0 Å². The Labute approximate surface area is 149 Å². The van der Waals surface area contributed by atoms with Crippen LogP contribution in [0, 0.1) is 39.0 Å². The third-order valence-corrected chi connectivity index (χ3v) is 5.12. The van der Waals surface area contributed by atoms with Gasteiger partial charge in [-0.25, -0.2) is 0 Å². The van der Waals surface area contributed by atoms with Gasteiger partial charge in [-0.15, -0.1) is 6.42 Å². The highest BCUT2D eigenvalue weighted by atomic mass is 16.2. The minimum Gasteiger partial charge on any atom is -0.332 e. The number of amides is 1. The molecule has 0 aliphatic heterocycles. The molecule has 1 aromatic rings. The van der Waals surface area contributed by atoms with Gasteiger partial charge in [0.25, 0.3) is 0 Å². The lowest BCUT2D eigenvalue weighted by Crippen LogP contribution is -2.35. The fourth-order valence-corrected chi connectivity index (χ4v) is 3.66. The van der Waals surface area contributed by atoms with Crippen molar-refractivity contribution in [1.82, 2.24) is 4.90 Å². The van der Waals surface area contributed by atoms with Gasteiger partial charge < -0.3 is 4.90 Å². The van der Waals surface area contributed by atoms with Crippen molar-refractivity contribution < 1.29 is 14.4 Å². The van der Waals surface area contributed by atoms with Gasteiger partial charge >= 0.3 is 0 Å². The summed E-state index contributed by atoms with van der Waals surface area (Å²) in [6, 6.07) is 3.64. The predicted octanol–water partition coefficient (Wildman–Crippen LogP) is 2.72. The average Bonchev–Trinajstić information content (AvgIpc) is 2.80. The van der Waals surface area contributed by atoms with E-state index in [-0.39, 0.29) is 36.4 Å². The number of ketones is 2. The minimum absolute atomic E-state index is 0.0353. The molecule has 1 saturated carbocycles. The summed E-state index contributed by atoms with van der Waals surface area (Å²) in [6.07, 6.45) is 5.51. The van der Waals surface area contributed by atoms with Gasteiger partial charge in [0.2, 0.25) is 5.91 Å². The normalized spacial score (nSPS) is 21.1. The van der Waals surface area contributed by atoms with Gasteiger partial charge in [-0.05, 0) is 44.4 Å². The van der Waals surface area contributed by atoms with E-state index in [4.69, 9.17) is 6.42 Å². The first-order chi connectivity index (χ1) is 11.7. The summed E-state index contributed by atoms with van der Waals surface area (Å²) in [4.78, 5) is 39.2. The topological polar surface area (TPSA) is 54.5 Å². The van der Waals surface area contributed by atoms with E-state index in [2.05, 4.69) is 5.92 Å². The number of benzene rings is 1. The smallest absolute Gasteiger partial charge is 0.224 e. The number of nitrogens with zero attached hydrogens (tertiary/aromatic N) is 1. The number of carbonyl (C=O) groups excluding carboxylic acids is 3. The van der Waals surface area contributed by atoms with Crippen LogP contribution in [0.3, 0.4) is 0 Å². The van der Waals surface area contributed by atoms with E-state index in [0.717, 1.165) is 22.3 Å². The van der Waals surface area contributed by atoms with Crippen LogP contribution in [0.4, 0.5) is 0 Å². The molecule has 2 rings (SSSR count). The van der Waals surface area contributed by atoms with E-state index < -0.39 is 11.8 Å². The van der Waals surface area contributed by atoms with Crippen molar-refractivity contribution in [3.63, 3.8) is 0 Å². The summed E-state index contributed by atoms with van der Waals surface area (Å²) in [5, 5.41) is 0. The molecule has 0 N–H and O–H groups in total. The summed E-state index contributed by atoms with van der Waals surface area (Å²) in [7, 11) is 1.62. The Morgan fingerprint density at radius 2 is 1.84 bits per heavy atom. The number of Topliss-reactive ketones (excluding diaryl/α,β-unsaturated/α-hetero) is 2. The lowest BCUT2D eigenvalue weighted by Gasteiger charge is -2.22. The number of hydrogen-bond acceptors (Lipinski definition) is 3. The largest absolute Gasteiger partial charge is 0.332 e. The molecule has 3 atom stereocenters. The molecule has 1 amide bonds. The van der Waals surface area contributed by atoms with Crippen molar-refractivity contribution in [2.24, 2.45) is 5.92 Å². The number of rotatable bonds is 4. The lowest BCUT2D eigenvalue weighted by atomic mass is 9.86. The first kappa shape index (κ1) is 18.9. The molecule has 0 spiro atoms. The second-order valence-electron chi connectivity index (χ2n) is 7.07. The number of terminal acetylenes is 1. The Balaban J connectivity index is 2.24. The molecule has 3 unspecified atom stereocenters. The Morgan fingerprint density at radius 1 is 1.28 bits per heavy atom. The van der Waals surface area contributed by atoms with Crippen LogP contribution in [-0.2, 0) is 14.4 Å². The zero-order valence-corrected chi connectivity index (χ0v) is 15.6. The molecule has 1 aliphatic rings. The number of hydrogen-bond donors (Lipinski definition) is 0. The molecule has 1 aromatic carbocycles. The summed E-state index contributed by atoms with van der Waals surface area (Å²) in [5.41, 5.74) is 3.82. The third-order valence-electron chi connectivity index (χ3n) is 5.12. The van der Waals surface area contributed by atoms with Crippen LogP contribution in [0.5, 0.6) is 0 Å². The van der Waals surface area contributed by atoms with Crippen molar-refractivity contribution in [3.8, 4) is 12.3 Å². The zero-order valence-electron chi connectivity index (χ0n) is 15.6. The highest BCUT2D eigenvalue weighted by molar-refractivity contribution is 6.15.